The lowest BCUT2D eigenvalue weighted by Crippen LogP contribution is -2.13. The summed E-state index contributed by atoms with van der Waals surface area (Å²) in [6, 6.07) is 12.4. The van der Waals surface area contributed by atoms with Crippen LogP contribution in [-0.4, -0.2) is 10.8 Å². The van der Waals surface area contributed by atoms with Gasteiger partial charge >= 0.3 is 0 Å². The fraction of sp³-hybridized carbons (Fsp3) is 0. The number of para-hydroxylation sites is 1. The van der Waals surface area contributed by atoms with Gasteiger partial charge in [0.1, 0.15) is 11.6 Å². The number of nitriles is 1. The molecule has 2 rings (SSSR count). The molecule has 0 saturated heterocycles. The van der Waals surface area contributed by atoms with Gasteiger partial charge in [0.25, 0.3) is 11.6 Å². The molecular formula is C18H11Cl2N3O3. The van der Waals surface area contributed by atoms with Gasteiger partial charge in [0.05, 0.1) is 21.2 Å². The van der Waals surface area contributed by atoms with Gasteiger partial charge in [0.2, 0.25) is 0 Å². The fourth-order valence-electron chi connectivity index (χ4n) is 1.99. The van der Waals surface area contributed by atoms with Gasteiger partial charge in [-0.3, -0.25) is 14.9 Å². The van der Waals surface area contributed by atoms with Crippen LogP contribution in [0.4, 0.5) is 11.4 Å². The van der Waals surface area contributed by atoms with E-state index in [9.17, 15) is 14.9 Å². The lowest BCUT2D eigenvalue weighted by Gasteiger charge is -2.06. The van der Waals surface area contributed by atoms with Crippen LogP contribution in [0.25, 0.3) is 6.08 Å². The van der Waals surface area contributed by atoms with Crippen LogP contribution in [0.15, 0.2) is 60.2 Å². The van der Waals surface area contributed by atoms with Gasteiger partial charge in [-0.05, 0) is 36.4 Å². The summed E-state index contributed by atoms with van der Waals surface area (Å²) in [4.78, 5) is 22.6. The smallest absolute Gasteiger partial charge is 0.276 e. The van der Waals surface area contributed by atoms with E-state index in [1.54, 1.807) is 30.3 Å². The van der Waals surface area contributed by atoms with E-state index in [-0.39, 0.29) is 16.3 Å². The van der Waals surface area contributed by atoms with Crippen LogP contribution < -0.4 is 5.32 Å². The number of hydrogen-bond acceptors (Lipinski definition) is 4. The van der Waals surface area contributed by atoms with Crippen molar-refractivity contribution in [3.63, 3.8) is 0 Å². The minimum absolute atomic E-state index is 0.0759. The summed E-state index contributed by atoms with van der Waals surface area (Å²) in [7, 11) is 0. The zero-order valence-electron chi connectivity index (χ0n) is 13.1. The Hall–Kier alpha value is -3.14. The second-order valence-electron chi connectivity index (χ2n) is 4.95. The van der Waals surface area contributed by atoms with E-state index in [0.717, 1.165) is 0 Å². The Morgan fingerprint density at radius 3 is 2.62 bits per heavy atom. The molecule has 0 heterocycles. The highest BCUT2D eigenvalue weighted by Crippen LogP contribution is 2.25. The Balaban J connectivity index is 2.19. The highest BCUT2D eigenvalue weighted by atomic mass is 35.5. The number of rotatable bonds is 5. The van der Waals surface area contributed by atoms with Crippen LogP contribution in [0, 0.1) is 21.4 Å². The first kappa shape index (κ1) is 19.2. The van der Waals surface area contributed by atoms with E-state index in [4.69, 9.17) is 28.5 Å². The van der Waals surface area contributed by atoms with Gasteiger partial charge in [0.15, 0.2) is 0 Å². The van der Waals surface area contributed by atoms with Crippen LogP contribution in [-0.2, 0) is 4.79 Å². The Kier molecular flexibility index (Phi) is 6.50. The Morgan fingerprint density at radius 1 is 1.23 bits per heavy atom. The minimum Gasteiger partial charge on any atom is -0.320 e. The SMILES string of the molecule is N#C/C(=C\C=C\c1ccccc1[N+](=O)[O-])C(=O)Nc1ccc(Cl)cc1Cl. The number of nitro groups is 1. The maximum atomic E-state index is 12.2. The van der Waals surface area contributed by atoms with E-state index in [0.29, 0.717) is 16.3 Å². The summed E-state index contributed by atoms with van der Waals surface area (Å²) in [5.41, 5.74) is 0.399. The van der Waals surface area contributed by atoms with Crippen molar-refractivity contribution >= 4 is 46.6 Å². The minimum atomic E-state index is -0.663. The molecule has 6 nitrogen and oxygen atoms in total. The predicted molar refractivity (Wildman–Crippen MR) is 101 cm³/mol. The molecule has 26 heavy (non-hydrogen) atoms. The zero-order chi connectivity index (χ0) is 19.1. The Morgan fingerprint density at radius 2 is 1.96 bits per heavy atom. The zero-order valence-corrected chi connectivity index (χ0v) is 14.7. The molecule has 0 atom stereocenters. The summed E-state index contributed by atoms with van der Waals surface area (Å²) in [5.74, 6) is -0.663. The van der Waals surface area contributed by atoms with Gasteiger partial charge in [-0.15, -0.1) is 0 Å². The van der Waals surface area contributed by atoms with Crippen LogP contribution in [0.5, 0.6) is 0 Å². The largest absolute Gasteiger partial charge is 0.320 e. The van der Waals surface area contributed by atoms with Crippen LogP contribution >= 0.6 is 23.2 Å². The number of nitrogens with one attached hydrogen (secondary N) is 1. The van der Waals surface area contributed by atoms with Crippen molar-refractivity contribution in [1.29, 1.82) is 5.26 Å². The van der Waals surface area contributed by atoms with E-state index >= 15 is 0 Å². The highest BCUT2D eigenvalue weighted by molar-refractivity contribution is 6.36. The van der Waals surface area contributed by atoms with Crippen LogP contribution in [0.3, 0.4) is 0 Å². The van der Waals surface area contributed by atoms with Gasteiger partial charge in [-0.25, -0.2) is 0 Å². The van der Waals surface area contributed by atoms with E-state index in [2.05, 4.69) is 5.32 Å². The molecule has 0 saturated carbocycles. The van der Waals surface area contributed by atoms with Gasteiger partial charge in [0, 0.05) is 11.1 Å². The first-order chi connectivity index (χ1) is 12.4. The number of carbonyl (C=O) groups excluding carboxylic acids is 1. The van der Waals surface area contributed by atoms with E-state index in [1.807, 2.05) is 0 Å². The topological polar surface area (TPSA) is 96.0 Å². The standard InChI is InChI=1S/C18H11Cl2N3O3/c19-14-8-9-16(15(20)10-14)22-18(24)13(11-21)6-3-5-12-4-1-2-7-17(12)23(25)26/h1-10H,(H,22,24)/b5-3+,13-6+. The van der Waals surface area contributed by atoms with E-state index in [1.165, 1.54) is 36.4 Å². The third-order valence-corrected chi connectivity index (χ3v) is 3.76. The summed E-state index contributed by atoms with van der Waals surface area (Å²) in [6.45, 7) is 0. The van der Waals surface area contributed by atoms with Gasteiger partial charge in [-0.2, -0.15) is 5.26 Å². The summed E-state index contributed by atoms with van der Waals surface area (Å²) >= 11 is 11.8. The van der Waals surface area contributed by atoms with E-state index < -0.39 is 10.8 Å². The lowest BCUT2D eigenvalue weighted by atomic mass is 10.1. The first-order valence-corrected chi connectivity index (χ1v) is 7.96. The Labute approximate surface area is 159 Å². The maximum absolute atomic E-state index is 12.2. The molecule has 0 fully saturated rings. The van der Waals surface area contributed by atoms with Crippen molar-refractivity contribution in [2.24, 2.45) is 0 Å². The monoisotopic (exact) mass is 387 g/mol. The fourth-order valence-corrected chi connectivity index (χ4v) is 2.44. The van der Waals surface area contributed by atoms with Crippen LogP contribution in [0.2, 0.25) is 10.0 Å². The summed E-state index contributed by atoms with van der Waals surface area (Å²) in [5, 5.41) is 23.3. The molecule has 0 aromatic heterocycles. The number of benzene rings is 2. The number of allylic oxidation sites excluding steroid dienone is 2. The molecule has 0 aliphatic heterocycles. The molecule has 0 unspecified atom stereocenters. The molecule has 2 aromatic carbocycles. The average molecular weight is 388 g/mol. The molecule has 8 heteroatoms. The van der Waals surface area contributed by atoms with Crippen molar-refractivity contribution in [3.8, 4) is 6.07 Å². The molecule has 2 aromatic rings. The first-order valence-electron chi connectivity index (χ1n) is 7.20. The van der Waals surface area contributed by atoms with Gasteiger partial charge < -0.3 is 5.32 Å². The number of amides is 1. The molecular weight excluding hydrogens is 377 g/mol. The second-order valence-corrected chi connectivity index (χ2v) is 5.79. The molecule has 0 aliphatic carbocycles. The molecule has 1 N–H and O–H groups in total. The maximum Gasteiger partial charge on any atom is 0.276 e. The average Bonchev–Trinajstić information content (AvgIpc) is 2.61. The number of nitro benzene ring substituents is 1. The van der Waals surface area contributed by atoms with Gasteiger partial charge in [-0.1, -0.05) is 41.4 Å². The van der Waals surface area contributed by atoms with Crippen molar-refractivity contribution in [1.82, 2.24) is 0 Å². The molecule has 1 amide bonds. The number of carbonyl (C=O) groups is 1. The second kappa shape index (κ2) is 8.81. The van der Waals surface area contributed by atoms with Crippen molar-refractivity contribution in [2.45, 2.75) is 0 Å². The van der Waals surface area contributed by atoms with Crippen molar-refractivity contribution in [3.05, 3.63) is 85.9 Å². The normalized spacial score (nSPS) is 11.2. The van der Waals surface area contributed by atoms with Crippen LogP contribution in [0.1, 0.15) is 5.56 Å². The highest BCUT2D eigenvalue weighted by Gasteiger charge is 2.12. The third kappa shape index (κ3) is 4.93. The molecule has 0 bridgehead atoms. The molecule has 0 aliphatic rings. The molecule has 0 radical (unpaired) electrons. The quantitative estimate of drug-likeness (QED) is 0.256. The lowest BCUT2D eigenvalue weighted by molar-refractivity contribution is -0.385. The molecule has 130 valence electrons. The number of hydrogen-bond donors (Lipinski definition) is 1. The third-order valence-electron chi connectivity index (χ3n) is 3.22. The van der Waals surface area contributed by atoms with Crippen molar-refractivity contribution < 1.29 is 9.72 Å². The molecule has 0 spiro atoms. The predicted octanol–water partition coefficient (Wildman–Crippen LogP) is 5.00. The number of nitrogens with zero attached hydrogens (tertiary/aromatic N) is 2. The summed E-state index contributed by atoms with van der Waals surface area (Å²) in [6.07, 6.45) is 4.10. The summed E-state index contributed by atoms with van der Waals surface area (Å²) < 4.78 is 0. The van der Waals surface area contributed by atoms with Crippen molar-refractivity contribution in [2.75, 3.05) is 5.32 Å². The Bertz CT molecular complexity index is 962. The number of anilines is 1. The number of halogens is 2.